The van der Waals surface area contributed by atoms with E-state index in [1.807, 2.05) is 18.2 Å². The second kappa shape index (κ2) is 12.1. The van der Waals surface area contributed by atoms with Crippen LogP contribution < -0.4 is 4.74 Å². The van der Waals surface area contributed by atoms with Crippen molar-refractivity contribution in [3.63, 3.8) is 0 Å². The van der Waals surface area contributed by atoms with E-state index in [4.69, 9.17) is 9.47 Å². The number of unbranched alkanes of at least 4 members (excludes halogenated alkanes) is 6. The molecular formula is C19H30O3. The van der Waals surface area contributed by atoms with Crippen molar-refractivity contribution in [2.75, 3.05) is 13.2 Å². The molecule has 0 N–H and O–H groups in total. The van der Waals surface area contributed by atoms with Gasteiger partial charge in [-0.25, -0.2) is 4.79 Å². The minimum atomic E-state index is -0.277. The Bertz CT molecular complexity index is 415. The summed E-state index contributed by atoms with van der Waals surface area (Å²) in [6.45, 7) is 5.46. The highest BCUT2D eigenvalue weighted by Crippen LogP contribution is 2.19. The second-order valence-corrected chi connectivity index (χ2v) is 5.60. The third kappa shape index (κ3) is 7.48. The van der Waals surface area contributed by atoms with Crippen molar-refractivity contribution in [1.29, 1.82) is 0 Å². The van der Waals surface area contributed by atoms with Crippen molar-refractivity contribution in [3.05, 3.63) is 29.8 Å². The fraction of sp³-hybridized carbons (Fsp3) is 0.632. The lowest BCUT2D eigenvalue weighted by atomic mass is 10.1. The lowest BCUT2D eigenvalue weighted by Crippen LogP contribution is -2.09. The molecular weight excluding hydrogens is 276 g/mol. The summed E-state index contributed by atoms with van der Waals surface area (Å²) < 4.78 is 11.0. The minimum Gasteiger partial charge on any atom is -0.493 e. The molecule has 124 valence electrons. The van der Waals surface area contributed by atoms with Crippen LogP contribution in [0.5, 0.6) is 5.75 Å². The molecule has 1 rings (SSSR count). The molecule has 0 heterocycles. The molecule has 0 unspecified atom stereocenters. The van der Waals surface area contributed by atoms with Gasteiger partial charge in [-0.05, 0) is 25.0 Å². The molecule has 0 fully saturated rings. The van der Waals surface area contributed by atoms with Gasteiger partial charge in [0.15, 0.2) is 0 Å². The summed E-state index contributed by atoms with van der Waals surface area (Å²) in [4.78, 5) is 12.1. The first kappa shape index (κ1) is 18.5. The third-order valence-electron chi connectivity index (χ3n) is 3.59. The van der Waals surface area contributed by atoms with Crippen molar-refractivity contribution in [3.8, 4) is 5.75 Å². The first-order valence-electron chi connectivity index (χ1n) is 8.68. The van der Waals surface area contributed by atoms with E-state index in [0.29, 0.717) is 24.5 Å². The van der Waals surface area contributed by atoms with Crippen LogP contribution in [0, 0.1) is 0 Å². The summed E-state index contributed by atoms with van der Waals surface area (Å²) in [5, 5.41) is 0. The summed E-state index contributed by atoms with van der Waals surface area (Å²) >= 11 is 0. The average Bonchev–Trinajstić information content (AvgIpc) is 2.54. The van der Waals surface area contributed by atoms with Gasteiger partial charge in [0, 0.05) is 0 Å². The quantitative estimate of drug-likeness (QED) is 0.384. The molecule has 0 radical (unpaired) electrons. The number of carbonyl (C=O) groups is 1. The van der Waals surface area contributed by atoms with Crippen LogP contribution in [0.1, 0.15) is 75.6 Å². The summed E-state index contributed by atoms with van der Waals surface area (Å²) in [6, 6.07) is 7.32. The van der Waals surface area contributed by atoms with Crippen molar-refractivity contribution < 1.29 is 14.3 Å². The van der Waals surface area contributed by atoms with Crippen molar-refractivity contribution >= 4 is 5.97 Å². The van der Waals surface area contributed by atoms with Gasteiger partial charge in [0.25, 0.3) is 0 Å². The first-order valence-corrected chi connectivity index (χ1v) is 8.68. The predicted molar refractivity (Wildman–Crippen MR) is 90.5 cm³/mol. The second-order valence-electron chi connectivity index (χ2n) is 5.60. The molecule has 0 aliphatic heterocycles. The Hall–Kier alpha value is -1.51. The number of benzene rings is 1. The molecule has 0 aromatic heterocycles. The lowest BCUT2D eigenvalue weighted by Gasteiger charge is -2.11. The zero-order chi connectivity index (χ0) is 16.0. The Labute approximate surface area is 135 Å². The molecule has 0 aliphatic rings. The SMILES string of the molecule is CCCCCCCCOC(=O)c1ccccc1OCCCC. The molecule has 0 saturated heterocycles. The summed E-state index contributed by atoms with van der Waals surface area (Å²) in [5.74, 6) is 0.351. The molecule has 22 heavy (non-hydrogen) atoms. The van der Waals surface area contributed by atoms with Gasteiger partial charge < -0.3 is 9.47 Å². The lowest BCUT2D eigenvalue weighted by molar-refractivity contribution is 0.0493. The van der Waals surface area contributed by atoms with Crippen LogP contribution in [0.4, 0.5) is 0 Å². The van der Waals surface area contributed by atoms with E-state index in [0.717, 1.165) is 25.7 Å². The normalized spacial score (nSPS) is 10.5. The molecule has 3 heteroatoms. The number of para-hydroxylation sites is 1. The number of carbonyl (C=O) groups excluding carboxylic acids is 1. The molecule has 0 spiro atoms. The van der Waals surface area contributed by atoms with Crippen LogP contribution in [0.3, 0.4) is 0 Å². The van der Waals surface area contributed by atoms with Crippen molar-refractivity contribution in [1.82, 2.24) is 0 Å². The van der Waals surface area contributed by atoms with E-state index in [-0.39, 0.29) is 5.97 Å². The van der Waals surface area contributed by atoms with E-state index in [1.54, 1.807) is 6.07 Å². The van der Waals surface area contributed by atoms with Crippen molar-refractivity contribution in [2.24, 2.45) is 0 Å². The van der Waals surface area contributed by atoms with E-state index in [9.17, 15) is 4.79 Å². The number of ether oxygens (including phenoxy) is 2. The Morgan fingerprint density at radius 1 is 0.864 bits per heavy atom. The van der Waals surface area contributed by atoms with Gasteiger partial charge in [-0.15, -0.1) is 0 Å². The zero-order valence-electron chi connectivity index (χ0n) is 14.1. The standard InChI is InChI=1S/C19H30O3/c1-3-5-7-8-9-12-16-22-19(20)17-13-10-11-14-18(17)21-15-6-4-2/h10-11,13-14H,3-9,12,15-16H2,1-2H3. The summed E-state index contributed by atoms with van der Waals surface area (Å²) in [5.41, 5.74) is 0.532. The van der Waals surface area contributed by atoms with Crippen LogP contribution in [0.2, 0.25) is 0 Å². The smallest absolute Gasteiger partial charge is 0.341 e. The molecule has 0 saturated carbocycles. The average molecular weight is 306 g/mol. The Kier molecular flexibility index (Phi) is 10.2. The Balaban J connectivity index is 2.32. The molecule has 0 bridgehead atoms. The highest BCUT2D eigenvalue weighted by atomic mass is 16.5. The van der Waals surface area contributed by atoms with E-state index in [1.165, 1.54) is 25.7 Å². The largest absolute Gasteiger partial charge is 0.493 e. The van der Waals surface area contributed by atoms with Gasteiger partial charge in [0.2, 0.25) is 0 Å². The predicted octanol–water partition coefficient (Wildman–Crippen LogP) is 5.38. The fourth-order valence-corrected chi connectivity index (χ4v) is 2.21. The number of esters is 1. The van der Waals surface area contributed by atoms with Gasteiger partial charge in [0.1, 0.15) is 11.3 Å². The number of rotatable bonds is 12. The van der Waals surface area contributed by atoms with Crippen LogP contribution in [-0.2, 0) is 4.74 Å². The Morgan fingerprint density at radius 3 is 2.32 bits per heavy atom. The minimum absolute atomic E-state index is 0.277. The van der Waals surface area contributed by atoms with Crippen LogP contribution in [0.15, 0.2) is 24.3 Å². The van der Waals surface area contributed by atoms with Gasteiger partial charge in [-0.2, -0.15) is 0 Å². The molecule has 3 nitrogen and oxygen atoms in total. The van der Waals surface area contributed by atoms with Crippen LogP contribution >= 0.6 is 0 Å². The molecule has 0 aliphatic carbocycles. The van der Waals surface area contributed by atoms with Crippen LogP contribution in [-0.4, -0.2) is 19.2 Å². The van der Waals surface area contributed by atoms with E-state index >= 15 is 0 Å². The molecule has 0 amide bonds. The zero-order valence-corrected chi connectivity index (χ0v) is 14.1. The van der Waals surface area contributed by atoms with Crippen LogP contribution in [0.25, 0.3) is 0 Å². The van der Waals surface area contributed by atoms with Gasteiger partial charge in [-0.3, -0.25) is 0 Å². The van der Waals surface area contributed by atoms with Gasteiger partial charge >= 0.3 is 5.97 Å². The third-order valence-corrected chi connectivity index (χ3v) is 3.59. The number of hydrogen-bond donors (Lipinski definition) is 0. The molecule has 1 aromatic carbocycles. The maximum Gasteiger partial charge on any atom is 0.341 e. The fourth-order valence-electron chi connectivity index (χ4n) is 2.21. The van der Waals surface area contributed by atoms with Crippen molar-refractivity contribution in [2.45, 2.75) is 65.2 Å². The van der Waals surface area contributed by atoms with E-state index in [2.05, 4.69) is 13.8 Å². The highest BCUT2D eigenvalue weighted by Gasteiger charge is 2.13. The maximum atomic E-state index is 12.1. The maximum absolute atomic E-state index is 12.1. The Morgan fingerprint density at radius 2 is 1.55 bits per heavy atom. The number of hydrogen-bond acceptors (Lipinski definition) is 3. The molecule has 1 aromatic rings. The van der Waals surface area contributed by atoms with Gasteiger partial charge in [-0.1, -0.05) is 64.5 Å². The first-order chi connectivity index (χ1) is 10.8. The summed E-state index contributed by atoms with van der Waals surface area (Å²) in [7, 11) is 0. The van der Waals surface area contributed by atoms with Gasteiger partial charge in [0.05, 0.1) is 13.2 Å². The van der Waals surface area contributed by atoms with E-state index < -0.39 is 0 Å². The topological polar surface area (TPSA) is 35.5 Å². The molecule has 0 atom stereocenters. The highest BCUT2D eigenvalue weighted by molar-refractivity contribution is 5.92. The monoisotopic (exact) mass is 306 g/mol. The summed E-state index contributed by atoms with van der Waals surface area (Å²) in [6.07, 6.45) is 9.18.